The van der Waals surface area contributed by atoms with Gasteiger partial charge in [-0.15, -0.1) is 0 Å². The highest BCUT2D eigenvalue weighted by Gasteiger charge is 2.06. The van der Waals surface area contributed by atoms with Crippen molar-refractivity contribution in [1.82, 2.24) is 4.98 Å². The van der Waals surface area contributed by atoms with E-state index in [-0.39, 0.29) is 0 Å². The van der Waals surface area contributed by atoms with Crippen LogP contribution in [0, 0.1) is 10.1 Å². The Morgan fingerprint density at radius 3 is 2.83 bits per heavy atom. The molecule has 18 heavy (non-hydrogen) atoms. The molecule has 4 heteroatoms. The average molecular weight is 238 g/mol. The van der Waals surface area contributed by atoms with Crippen molar-refractivity contribution in [2.45, 2.75) is 0 Å². The monoisotopic (exact) mass is 238 g/mol. The Hall–Kier alpha value is -2.62. The molecule has 0 saturated heterocycles. The second-order valence-electron chi connectivity index (χ2n) is 4.05. The fourth-order valence-corrected chi connectivity index (χ4v) is 2.20. The lowest BCUT2D eigenvalue weighted by Crippen LogP contribution is -1.82. The topological polar surface area (TPSA) is 58.9 Å². The predicted octanol–water partition coefficient (Wildman–Crippen LogP) is 3.57. The van der Waals surface area contributed by atoms with Crippen LogP contribution >= 0.6 is 0 Å². The number of aromatic nitrogens is 1. The normalized spacial score (nSPS) is 11.6. The van der Waals surface area contributed by atoms with E-state index in [1.807, 2.05) is 36.4 Å². The third kappa shape index (κ3) is 1.64. The SMILES string of the molecule is O=[N+]([O-])/C=C/c1c[nH]c2ccc3ccccc3c12. The van der Waals surface area contributed by atoms with Gasteiger partial charge in [-0.3, -0.25) is 10.1 Å². The number of H-pyrrole nitrogens is 1. The van der Waals surface area contributed by atoms with Gasteiger partial charge in [0.05, 0.1) is 4.92 Å². The van der Waals surface area contributed by atoms with Crippen molar-refractivity contribution in [2.24, 2.45) is 0 Å². The van der Waals surface area contributed by atoms with Crippen LogP contribution in [0.5, 0.6) is 0 Å². The van der Waals surface area contributed by atoms with E-state index in [0.29, 0.717) is 0 Å². The summed E-state index contributed by atoms with van der Waals surface area (Å²) in [6, 6.07) is 12.0. The molecule has 1 heterocycles. The number of nitrogens with zero attached hydrogens (tertiary/aromatic N) is 1. The van der Waals surface area contributed by atoms with Crippen LogP contribution in [0.25, 0.3) is 27.8 Å². The molecule has 0 fully saturated rings. The number of benzene rings is 2. The van der Waals surface area contributed by atoms with Gasteiger partial charge in [0.15, 0.2) is 0 Å². The fourth-order valence-electron chi connectivity index (χ4n) is 2.20. The van der Waals surface area contributed by atoms with E-state index in [0.717, 1.165) is 33.4 Å². The van der Waals surface area contributed by atoms with Crippen LogP contribution in [-0.4, -0.2) is 9.91 Å². The molecule has 3 rings (SSSR count). The number of nitro groups is 1. The molecule has 1 N–H and O–H groups in total. The van der Waals surface area contributed by atoms with Crippen molar-refractivity contribution in [3.8, 4) is 0 Å². The Balaban J connectivity index is 2.33. The van der Waals surface area contributed by atoms with Crippen molar-refractivity contribution in [3.05, 3.63) is 64.5 Å². The van der Waals surface area contributed by atoms with Crippen molar-refractivity contribution in [2.75, 3.05) is 0 Å². The van der Waals surface area contributed by atoms with Gasteiger partial charge in [0.1, 0.15) is 0 Å². The summed E-state index contributed by atoms with van der Waals surface area (Å²) in [5, 5.41) is 13.6. The molecule has 88 valence electrons. The van der Waals surface area contributed by atoms with Crippen LogP contribution in [0.15, 0.2) is 48.8 Å². The minimum Gasteiger partial charge on any atom is -0.361 e. The Labute approximate surface area is 103 Å². The number of hydrogen-bond acceptors (Lipinski definition) is 2. The summed E-state index contributed by atoms with van der Waals surface area (Å²) in [6.45, 7) is 0. The zero-order valence-corrected chi connectivity index (χ0v) is 9.46. The van der Waals surface area contributed by atoms with Gasteiger partial charge in [-0.2, -0.15) is 0 Å². The van der Waals surface area contributed by atoms with E-state index < -0.39 is 4.92 Å². The Morgan fingerprint density at radius 1 is 1.17 bits per heavy atom. The first kappa shape index (κ1) is 10.5. The number of fused-ring (bicyclic) bond motifs is 3. The second kappa shape index (κ2) is 4.00. The molecule has 0 aliphatic rings. The molecule has 0 unspecified atom stereocenters. The third-order valence-electron chi connectivity index (χ3n) is 2.98. The van der Waals surface area contributed by atoms with Gasteiger partial charge in [0.25, 0.3) is 0 Å². The molecule has 0 aliphatic heterocycles. The Morgan fingerprint density at radius 2 is 2.00 bits per heavy atom. The summed E-state index contributed by atoms with van der Waals surface area (Å²) in [4.78, 5) is 13.1. The van der Waals surface area contributed by atoms with Crippen molar-refractivity contribution in [1.29, 1.82) is 0 Å². The van der Waals surface area contributed by atoms with Gasteiger partial charge in [-0.05, 0) is 16.8 Å². The van der Waals surface area contributed by atoms with Crippen molar-refractivity contribution in [3.63, 3.8) is 0 Å². The minimum atomic E-state index is -0.454. The molecular weight excluding hydrogens is 228 g/mol. The summed E-state index contributed by atoms with van der Waals surface area (Å²) < 4.78 is 0. The lowest BCUT2D eigenvalue weighted by molar-refractivity contribution is -0.400. The maximum Gasteiger partial charge on any atom is 0.235 e. The van der Waals surface area contributed by atoms with Gasteiger partial charge < -0.3 is 4.98 Å². The van der Waals surface area contributed by atoms with E-state index in [1.165, 1.54) is 6.08 Å². The van der Waals surface area contributed by atoms with E-state index in [2.05, 4.69) is 4.98 Å². The molecule has 1 aromatic heterocycles. The molecule has 0 aliphatic carbocycles. The van der Waals surface area contributed by atoms with Gasteiger partial charge >= 0.3 is 0 Å². The van der Waals surface area contributed by atoms with Crippen LogP contribution in [0.1, 0.15) is 5.56 Å². The lowest BCUT2D eigenvalue weighted by Gasteiger charge is -2.00. The lowest BCUT2D eigenvalue weighted by atomic mass is 10.0. The maximum atomic E-state index is 10.4. The van der Waals surface area contributed by atoms with Crippen LogP contribution in [-0.2, 0) is 0 Å². The molecule has 3 aromatic rings. The summed E-state index contributed by atoms with van der Waals surface area (Å²) in [5.74, 6) is 0. The second-order valence-corrected chi connectivity index (χ2v) is 4.05. The van der Waals surface area contributed by atoms with Crippen LogP contribution < -0.4 is 0 Å². The summed E-state index contributed by atoms with van der Waals surface area (Å²) in [6.07, 6.45) is 4.27. The van der Waals surface area contributed by atoms with Crippen LogP contribution in [0.2, 0.25) is 0 Å². The standard InChI is InChI=1S/C14H10N2O2/c17-16(18)8-7-11-9-15-13-6-5-10-3-1-2-4-12(10)14(11)13/h1-9,15H/b8-7+. The first-order chi connectivity index (χ1) is 8.75. The highest BCUT2D eigenvalue weighted by atomic mass is 16.6. The van der Waals surface area contributed by atoms with Gasteiger partial charge in [-0.1, -0.05) is 30.3 Å². The number of rotatable bonds is 2. The van der Waals surface area contributed by atoms with Crippen molar-refractivity contribution >= 4 is 27.8 Å². The zero-order chi connectivity index (χ0) is 12.5. The van der Waals surface area contributed by atoms with E-state index in [1.54, 1.807) is 6.20 Å². The number of hydrogen-bond donors (Lipinski definition) is 1. The van der Waals surface area contributed by atoms with Crippen molar-refractivity contribution < 1.29 is 4.92 Å². The highest BCUT2D eigenvalue weighted by molar-refractivity contribution is 6.10. The molecular formula is C14H10N2O2. The molecule has 0 amide bonds. The summed E-state index contributed by atoms with van der Waals surface area (Å²) in [5.41, 5.74) is 1.81. The summed E-state index contributed by atoms with van der Waals surface area (Å²) in [7, 11) is 0. The molecule has 0 saturated carbocycles. The highest BCUT2D eigenvalue weighted by Crippen LogP contribution is 2.28. The van der Waals surface area contributed by atoms with E-state index >= 15 is 0 Å². The van der Waals surface area contributed by atoms with E-state index in [4.69, 9.17) is 0 Å². The molecule has 0 bridgehead atoms. The largest absolute Gasteiger partial charge is 0.361 e. The van der Waals surface area contributed by atoms with Gasteiger partial charge in [-0.25, -0.2) is 0 Å². The van der Waals surface area contributed by atoms with Crippen LogP contribution in [0.4, 0.5) is 0 Å². The van der Waals surface area contributed by atoms with Gasteiger partial charge in [0, 0.05) is 28.7 Å². The smallest absolute Gasteiger partial charge is 0.235 e. The van der Waals surface area contributed by atoms with E-state index in [9.17, 15) is 10.1 Å². The first-order valence-electron chi connectivity index (χ1n) is 5.56. The molecule has 2 aromatic carbocycles. The maximum absolute atomic E-state index is 10.4. The molecule has 0 atom stereocenters. The average Bonchev–Trinajstić information content (AvgIpc) is 2.80. The third-order valence-corrected chi connectivity index (χ3v) is 2.98. The Kier molecular flexibility index (Phi) is 2.34. The minimum absolute atomic E-state index is 0.454. The molecule has 0 spiro atoms. The summed E-state index contributed by atoms with van der Waals surface area (Å²) >= 11 is 0. The Bertz CT molecular complexity index is 772. The first-order valence-corrected chi connectivity index (χ1v) is 5.56. The van der Waals surface area contributed by atoms with Crippen LogP contribution in [0.3, 0.4) is 0 Å². The number of nitrogens with one attached hydrogen (secondary N) is 1. The van der Waals surface area contributed by atoms with Gasteiger partial charge in [0.2, 0.25) is 6.20 Å². The quantitative estimate of drug-likeness (QED) is 0.548. The fraction of sp³-hybridized carbons (Fsp3) is 0. The molecule has 0 radical (unpaired) electrons. The zero-order valence-electron chi connectivity index (χ0n) is 9.46. The predicted molar refractivity (Wildman–Crippen MR) is 71.8 cm³/mol. The number of aromatic amines is 1. The molecule has 4 nitrogen and oxygen atoms in total.